The minimum Gasteiger partial charge on any atom is -0.357 e. The van der Waals surface area contributed by atoms with Crippen LogP contribution in [0.25, 0.3) is 5.65 Å². The Morgan fingerprint density at radius 1 is 1.28 bits per heavy atom. The van der Waals surface area contributed by atoms with Gasteiger partial charge in [-0.05, 0) is 43.7 Å². The van der Waals surface area contributed by atoms with Crippen molar-refractivity contribution in [1.29, 1.82) is 0 Å². The summed E-state index contributed by atoms with van der Waals surface area (Å²) in [6.07, 6.45) is 8.75. The van der Waals surface area contributed by atoms with Gasteiger partial charge in [0.25, 0.3) is 0 Å². The molecule has 0 radical (unpaired) electrons. The third-order valence-corrected chi connectivity index (χ3v) is 5.00. The molecule has 0 spiro atoms. The Labute approximate surface area is 150 Å². The van der Waals surface area contributed by atoms with E-state index in [9.17, 15) is 0 Å². The van der Waals surface area contributed by atoms with Crippen LogP contribution < -0.4 is 10.6 Å². The molecule has 2 atom stereocenters. The Morgan fingerprint density at radius 3 is 3.04 bits per heavy atom. The van der Waals surface area contributed by atoms with Gasteiger partial charge in [-0.3, -0.25) is 4.40 Å². The van der Waals surface area contributed by atoms with Crippen LogP contribution in [0.5, 0.6) is 0 Å². The molecule has 1 saturated carbocycles. The van der Waals surface area contributed by atoms with Crippen molar-refractivity contribution in [3.8, 4) is 0 Å². The molecular formula is C19H30N6. The Morgan fingerprint density at radius 2 is 2.20 bits per heavy atom. The predicted octanol–water partition coefficient (Wildman–Crippen LogP) is 3.00. The summed E-state index contributed by atoms with van der Waals surface area (Å²) in [6.45, 7) is 6.82. The summed E-state index contributed by atoms with van der Waals surface area (Å²) < 4.78 is 1.98. The highest BCUT2D eigenvalue weighted by Crippen LogP contribution is 2.30. The molecule has 0 bridgehead atoms. The highest BCUT2D eigenvalue weighted by Gasteiger charge is 2.18. The fourth-order valence-electron chi connectivity index (χ4n) is 3.71. The number of nitrogens with zero attached hydrogens (tertiary/aromatic N) is 4. The summed E-state index contributed by atoms with van der Waals surface area (Å²) in [4.78, 5) is 4.67. The molecule has 2 aromatic heterocycles. The normalized spacial score (nSPS) is 21.4. The van der Waals surface area contributed by atoms with Crippen molar-refractivity contribution in [2.45, 2.75) is 52.5 Å². The van der Waals surface area contributed by atoms with Crippen molar-refractivity contribution in [3.63, 3.8) is 0 Å². The quantitative estimate of drug-likeness (QED) is 0.625. The molecule has 2 heterocycles. The third kappa shape index (κ3) is 4.94. The van der Waals surface area contributed by atoms with Gasteiger partial charge in [-0.1, -0.05) is 32.3 Å². The molecule has 6 heteroatoms. The molecule has 0 saturated heterocycles. The van der Waals surface area contributed by atoms with Crippen molar-refractivity contribution in [2.24, 2.45) is 16.8 Å². The number of fused-ring (bicyclic) bond motifs is 1. The van der Waals surface area contributed by atoms with E-state index in [-0.39, 0.29) is 0 Å². The number of pyridine rings is 1. The molecule has 1 aliphatic rings. The molecule has 2 aromatic rings. The van der Waals surface area contributed by atoms with Crippen LogP contribution in [0.1, 0.15) is 51.8 Å². The topological polar surface area (TPSA) is 66.6 Å². The van der Waals surface area contributed by atoms with Gasteiger partial charge >= 0.3 is 0 Å². The van der Waals surface area contributed by atoms with E-state index >= 15 is 0 Å². The van der Waals surface area contributed by atoms with Crippen molar-refractivity contribution in [2.75, 3.05) is 13.1 Å². The zero-order valence-corrected chi connectivity index (χ0v) is 15.4. The smallest absolute Gasteiger partial charge is 0.191 e. The summed E-state index contributed by atoms with van der Waals surface area (Å²) in [5.74, 6) is 3.47. The molecule has 2 N–H and O–H groups in total. The number of hydrogen-bond acceptors (Lipinski definition) is 3. The summed E-state index contributed by atoms with van der Waals surface area (Å²) in [5, 5.41) is 15.2. The van der Waals surface area contributed by atoms with E-state index in [1.807, 2.05) is 28.8 Å². The second-order valence-corrected chi connectivity index (χ2v) is 7.09. The molecule has 0 aromatic carbocycles. The maximum Gasteiger partial charge on any atom is 0.191 e. The van der Waals surface area contributed by atoms with E-state index in [4.69, 9.17) is 0 Å². The lowest BCUT2D eigenvalue weighted by Crippen LogP contribution is -2.38. The highest BCUT2D eigenvalue weighted by molar-refractivity contribution is 5.79. The number of aromatic nitrogens is 3. The minimum absolute atomic E-state index is 0.515. The maximum absolute atomic E-state index is 4.67. The standard InChI is InChI=1S/C19H30N6/c1-3-20-19(21-11-10-16-8-6-7-15(2)13-16)22-14-18-24-23-17-9-4-5-12-25(17)18/h4-5,9,12,15-16H,3,6-8,10-11,13-14H2,1-2H3,(H2,20,21,22). The van der Waals surface area contributed by atoms with Crippen LogP contribution in [0.15, 0.2) is 29.4 Å². The van der Waals surface area contributed by atoms with Gasteiger partial charge in [0.2, 0.25) is 0 Å². The fourth-order valence-corrected chi connectivity index (χ4v) is 3.71. The first-order valence-corrected chi connectivity index (χ1v) is 9.57. The molecule has 0 amide bonds. The third-order valence-electron chi connectivity index (χ3n) is 5.00. The SMILES string of the molecule is CCNC(=NCc1nnc2ccccn12)NCCC1CCCC(C)C1. The van der Waals surface area contributed by atoms with Gasteiger partial charge in [-0.2, -0.15) is 0 Å². The average Bonchev–Trinajstić information content (AvgIpc) is 3.03. The van der Waals surface area contributed by atoms with Gasteiger partial charge in [-0.15, -0.1) is 10.2 Å². The van der Waals surface area contributed by atoms with Crippen molar-refractivity contribution in [1.82, 2.24) is 25.2 Å². The van der Waals surface area contributed by atoms with Gasteiger partial charge in [0.1, 0.15) is 6.54 Å². The van der Waals surface area contributed by atoms with Crippen molar-refractivity contribution in [3.05, 3.63) is 30.2 Å². The molecule has 1 fully saturated rings. The van der Waals surface area contributed by atoms with E-state index in [1.54, 1.807) is 0 Å². The predicted molar refractivity (Wildman–Crippen MR) is 102 cm³/mol. The van der Waals surface area contributed by atoms with Crippen LogP contribution in [0.3, 0.4) is 0 Å². The number of guanidine groups is 1. The van der Waals surface area contributed by atoms with E-state index in [0.717, 1.165) is 42.4 Å². The van der Waals surface area contributed by atoms with Crippen LogP contribution in [0, 0.1) is 11.8 Å². The molecule has 1 aliphatic carbocycles. The highest BCUT2D eigenvalue weighted by atomic mass is 15.3. The van der Waals surface area contributed by atoms with Crippen molar-refractivity contribution >= 4 is 11.6 Å². The zero-order chi connectivity index (χ0) is 17.5. The Balaban J connectivity index is 1.54. The molecule has 6 nitrogen and oxygen atoms in total. The lowest BCUT2D eigenvalue weighted by atomic mass is 9.81. The number of hydrogen-bond donors (Lipinski definition) is 2. The average molecular weight is 342 g/mol. The Hall–Kier alpha value is -2.11. The minimum atomic E-state index is 0.515. The van der Waals surface area contributed by atoms with Crippen LogP contribution in [-0.2, 0) is 6.54 Å². The first kappa shape index (κ1) is 17.7. The molecule has 0 aliphatic heterocycles. The van der Waals surface area contributed by atoms with E-state index in [0.29, 0.717) is 6.54 Å². The summed E-state index contributed by atoms with van der Waals surface area (Å²) in [7, 11) is 0. The van der Waals surface area contributed by atoms with Gasteiger partial charge in [-0.25, -0.2) is 4.99 Å². The Bertz CT molecular complexity index is 692. The maximum atomic E-state index is 4.67. The summed E-state index contributed by atoms with van der Waals surface area (Å²) in [5.41, 5.74) is 0.858. The van der Waals surface area contributed by atoms with E-state index in [2.05, 4.69) is 39.7 Å². The zero-order valence-electron chi connectivity index (χ0n) is 15.4. The van der Waals surface area contributed by atoms with Gasteiger partial charge in [0.05, 0.1) is 0 Å². The van der Waals surface area contributed by atoms with Gasteiger partial charge in [0, 0.05) is 19.3 Å². The summed E-state index contributed by atoms with van der Waals surface area (Å²) >= 11 is 0. The molecule has 3 rings (SSSR count). The largest absolute Gasteiger partial charge is 0.357 e. The molecular weight excluding hydrogens is 312 g/mol. The lowest BCUT2D eigenvalue weighted by Gasteiger charge is -2.26. The van der Waals surface area contributed by atoms with Crippen LogP contribution in [0.2, 0.25) is 0 Å². The van der Waals surface area contributed by atoms with Crippen molar-refractivity contribution < 1.29 is 0 Å². The first-order chi connectivity index (χ1) is 12.3. The van der Waals surface area contributed by atoms with E-state index in [1.165, 1.54) is 32.1 Å². The van der Waals surface area contributed by atoms with Crippen LogP contribution in [-0.4, -0.2) is 33.6 Å². The van der Waals surface area contributed by atoms with Crippen LogP contribution in [0.4, 0.5) is 0 Å². The van der Waals surface area contributed by atoms with E-state index < -0.39 is 0 Å². The first-order valence-electron chi connectivity index (χ1n) is 9.57. The lowest BCUT2D eigenvalue weighted by molar-refractivity contribution is 0.270. The fraction of sp³-hybridized carbons (Fsp3) is 0.632. The Kier molecular flexibility index (Phi) is 6.25. The molecule has 136 valence electrons. The van der Waals surface area contributed by atoms with Crippen LogP contribution >= 0.6 is 0 Å². The molecule has 25 heavy (non-hydrogen) atoms. The molecule has 2 unspecified atom stereocenters. The second kappa shape index (κ2) is 8.83. The van der Waals surface area contributed by atoms with Gasteiger partial charge in [0.15, 0.2) is 17.4 Å². The number of rotatable bonds is 6. The van der Waals surface area contributed by atoms with Gasteiger partial charge < -0.3 is 10.6 Å². The number of nitrogens with one attached hydrogen (secondary N) is 2. The summed E-state index contributed by atoms with van der Waals surface area (Å²) in [6, 6.07) is 5.90. The monoisotopic (exact) mass is 342 g/mol. The number of aliphatic imine (C=N–C) groups is 1. The second-order valence-electron chi connectivity index (χ2n) is 7.09.